The Kier molecular flexibility index (Phi) is 4.16. The van der Waals surface area contributed by atoms with Crippen LogP contribution in [0.3, 0.4) is 0 Å². The molecule has 154 valence electrons. The summed E-state index contributed by atoms with van der Waals surface area (Å²) < 4.78 is 0. The van der Waals surface area contributed by atoms with Crippen LogP contribution in [0, 0.1) is 5.41 Å². The lowest BCUT2D eigenvalue weighted by Gasteiger charge is -2.46. The molecule has 2 aromatic carbocycles. The van der Waals surface area contributed by atoms with Crippen molar-refractivity contribution in [2.75, 3.05) is 16.9 Å². The molecule has 3 heterocycles. The van der Waals surface area contributed by atoms with E-state index in [-0.39, 0.29) is 17.9 Å². The lowest BCUT2D eigenvalue weighted by atomic mass is 9.56. The highest BCUT2D eigenvalue weighted by Gasteiger charge is 2.77. The van der Waals surface area contributed by atoms with Crippen LogP contribution in [0.25, 0.3) is 0 Å². The summed E-state index contributed by atoms with van der Waals surface area (Å²) in [7, 11) is 0. The summed E-state index contributed by atoms with van der Waals surface area (Å²) in [4.78, 5) is 30.6. The molecule has 2 saturated heterocycles. The van der Waals surface area contributed by atoms with Crippen molar-refractivity contribution in [3.63, 3.8) is 0 Å². The molecule has 0 radical (unpaired) electrons. The van der Waals surface area contributed by atoms with E-state index in [0.717, 1.165) is 48.6 Å². The summed E-state index contributed by atoms with van der Waals surface area (Å²) in [6, 6.07) is 18.8. The molecule has 4 aliphatic rings. The highest BCUT2D eigenvalue weighted by atomic mass is 32.2. The van der Waals surface area contributed by atoms with Crippen LogP contribution in [-0.4, -0.2) is 34.3 Å². The quantitative estimate of drug-likeness (QED) is 0.739. The van der Waals surface area contributed by atoms with E-state index in [0.29, 0.717) is 12.2 Å². The molecule has 1 N–H and O–H groups in total. The topological polar surface area (TPSA) is 49.4 Å². The molecular weight excluding hydrogens is 392 g/mol. The van der Waals surface area contributed by atoms with Gasteiger partial charge in [-0.15, -0.1) is 11.8 Å². The molecule has 1 amide bonds. The Morgan fingerprint density at radius 2 is 1.77 bits per heavy atom. The molecule has 2 aromatic rings. The van der Waals surface area contributed by atoms with Crippen molar-refractivity contribution in [1.29, 1.82) is 0 Å². The zero-order valence-corrected chi connectivity index (χ0v) is 17.8. The van der Waals surface area contributed by atoms with Crippen LogP contribution in [0.5, 0.6) is 0 Å². The summed E-state index contributed by atoms with van der Waals surface area (Å²) >= 11 is 1.89. The second kappa shape index (κ2) is 6.69. The molecule has 3 aliphatic heterocycles. The van der Waals surface area contributed by atoms with Crippen LogP contribution in [0.2, 0.25) is 0 Å². The predicted octanol–water partition coefficient (Wildman–Crippen LogP) is 4.53. The molecule has 4 atom stereocenters. The standard InChI is InChI=1S/C25H26N2O2S/c28-21-13-5-2-8-14-24(21)22(17-9-3-1-4-10-17)20-15-30-16-27(20)25(24)18-11-6-7-12-19(18)26-23(25)29/h1,3-4,6-7,9-12,20,22H,2,5,8,13-16H2,(H,26,29)/t20-,22-,24+,25-/m0/s1. The lowest BCUT2D eigenvalue weighted by Crippen LogP contribution is -2.59. The number of hydrogen-bond acceptors (Lipinski definition) is 4. The van der Waals surface area contributed by atoms with Crippen LogP contribution < -0.4 is 5.32 Å². The van der Waals surface area contributed by atoms with Crippen LogP contribution in [0.4, 0.5) is 5.69 Å². The average Bonchev–Trinajstić information content (AvgIpc) is 3.36. The normalized spacial score (nSPS) is 35.5. The molecule has 2 spiro atoms. The second-order valence-electron chi connectivity index (χ2n) is 9.09. The SMILES string of the molecule is O=C1Nc2ccccc2[C@]12N1CSC[C@H]1[C@H](c1ccccc1)[C@]21CCCCCC1=O. The molecule has 0 aromatic heterocycles. The Hall–Kier alpha value is -2.11. The molecule has 6 rings (SSSR count). The number of anilines is 1. The Labute approximate surface area is 181 Å². The van der Waals surface area contributed by atoms with Crippen LogP contribution in [-0.2, 0) is 15.1 Å². The highest BCUT2D eigenvalue weighted by Crippen LogP contribution is 2.69. The van der Waals surface area contributed by atoms with E-state index >= 15 is 0 Å². The van der Waals surface area contributed by atoms with Crippen molar-refractivity contribution in [3.05, 3.63) is 65.7 Å². The van der Waals surface area contributed by atoms with Crippen molar-refractivity contribution in [2.24, 2.45) is 5.41 Å². The Bertz CT molecular complexity index is 1020. The fourth-order valence-corrected chi connectivity index (χ4v) is 8.27. The van der Waals surface area contributed by atoms with Gasteiger partial charge in [-0.05, 0) is 24.5 Å². The van der Waals surface area contributed by atoms with Crippen molar-refractivity contribution < 1.29 is 9.59 Å². The third-order valence-corrected chi connectivity index (χ3v) is 8.97. The molecule has 3 fully saturated rings. The summed E-state index contributed by atoms with van der Waals surface area (Å²) in [5.74, 6) is 2.09. The second-order valence-corrected chi connectivity index (χ2v) is 10.1. The molecule has 1 saturated carbocycles. The van der Waals surface area contributed by atoms with E-state index in [9.17, 15) is 9.59 Å². The van der Waals surface area contributed by atoms with Crippen molar-refractivity contribution >= 4 is 29.1 Å². The summed E-state index contributed by atoms with van der Waals surface area (Å²) in [6.45, 7) is 0. The molecule has 30 heavy (non-hydrogen) atoms. The number of fused-ring (bicyclic) bond motifs is 5. The molecule has 0 unspecified atom stereocenters. The molecular formula is C25H26N2O2S. The number of rotatable bonds is 1. The zero-order valence-electron chi connectivity index (χ0n) is 17.0. The third-order valence-electron chi connectivity index (χ3n) is 7.94. The number of benzene rings is 2. The van der Waals surface area contributed by atoms with Gasteiger partial charge in [0, 0.05) is 41.3 Å². The van der Waals surface area contributed by atoms with E-state index in [2.05, 4.69) is 40.5 Å². The molecule has 1 aliphatic carbocycles. The smallest absolute Gasteiger partial charge is 0.250 e. The number of para-hydroxylation sites is 1. The summed E-state index contributed by atoms with van der Waals surface area (Å²) in [6.07, 6.45) is 4.35. The fourth-order valence-electron chi connectivity index (χ4n) is 6.97. The molecule has 5 heteroatoms. The highest BCUT2D eigenvalue weighted by molar-refractivity contribution is 7.99. The number of thioether (sulfide) groups is 1. The van der Waals surface area contributed by atoms with Gasteiger partial charge in [-0.25, -0.2) is 0 Å². The van der Waals surface area contributed by atoms with Gasteiger partial charge in [0.15, 0.2) is 0 Å². The number of hydrogen-bond donors (Lipinski definition) is 1. The molecule has 4 nitrogen and oxygen atoms in total. The molecule has 0 bridgehead atoms. The monoisotopic (exact) mass is 418 g/mol. The number of carbonyl (C=O) groups excluding carboxylic acids is 2. The van der Waals surface area contributed by atoms with E-state index in [4.69, 9.17) is 0 Å². The van der Waals surface area contributed by atoms with Gasteiger partial charge in [-0.2, -0.15) is 0 Å². The summed E-state index contributed by atoms with van der Waals surface area (Å²) in [5, 5.41) is 3.19. The number of nitrogens with one attached hydrogen (secondary N) is 1. The van der Waals surface area contributed by atoms with Gasteiger partial charge in [0.2, 0.25) is 0 Å². The lowest BCUT2D eigenvalue weighted by molar-refractivity contribution is -0.145. The zero-order chi connectivity index (χ0) is 20.3. The minimum atomic E-state index is -0.903. The van der Waals surface area contributed by atoms with Crippen LogP contribution in [0.15, 0.2) is 54.6 Å². The Balaban J connectivity index is 1.70. The van der Waals surface area contributed by atoms with Crippen LogP contribution >= 0.6 is 11.8 Å². The van der Waals surface area contributed by atoms with E-state index in [1.165, 1.54) is 5.56 Å². The van der Waals surface area contributed by atoms with Crippen LogP contribution in [0.1, 0.15) is 49.1 Å². The minimum absolute atomic E-state index is 0.00452. The number of carbonyl (C=O) groups is 2. The van der Waals surface area contributed by atoms with Gasteiger partial charge >= 0.3 is 0 Å². The maximum Gasteiger partial charge on any atom is 0.250 e. The number of nitrogens with zero attached hydrogens (tertiary/aromatic N) is 1. The summed E-state index contributed by atoms with van der Waals surface area (Å²) in [5.41, 5.74) is 1.48. The van der Waals surface area contributed by atoms with Crippen molar-refractivity contribution in [3.8, 4) is 0 Å². The number of amides is 1. The van der Waals surface area contributed by atoms with Crippen molar-refractivity contribution in [2.45, 2.75) is 49.6 Å². The number of ketones is 1. The first-order chi connectivity index (χ1) is 14.7. The first-order valence-electron chi connectivity index (χ1n) is 11.0. The average molecular weight is 419 g/mol. The van der Waals surface area contributed by atoms with Gasteiger partial charge in [0.25, 0.3) is 5.91 Å². The minimum Gasteiger partial charge on any atom is -0.324 e. The van der Waals surface area contributed by atoms with Gasteiger partial charge in [0.1, 0.15) is 11.3 Å². The predicted molar refractivity (Wildman–Crippen MR) is 119 cm³/mol. The number of Topliss-reactive ketones (excluding diaryl/α,β-unsaturated/α-hetero) is 1. The Morgan fingerprint density at radius 3 is 2.63 bits per heavy atom. The fraction of sp³-hybridized carbons (Fsp3) is 0.440. The maximum absolute atomic E-state index is 14.2. The van der Waals surface area contributed by atoms with E-state index in [1.807, 2.05) is 36.0 Å². The van der Waals surface area contributed by atoms with Gasteiger partial charge in [-0.1, -0.05) is 61.4 Å². The maximum atomic E-state index is 14.2. The first kappa shape index (κ1) is 18.6. The van der Waals surface area contributed by atoms with Gasteiger partial charge in [-0.3, -0.25) is 14.5 Å². The Morgan fingerprint density at radius 1 is 0.967 bits per heavy atom. The third kappa shape index (κ3) is 2.12. The first-order valence-corrected chi connectivity index (χ1v) is 12.2. The van der Waals surface area contributed by atoms with Gasteiger partial charge < -0.3 is 5.32 Å². The van der Waals surface area contributed by atoms with Crippen molar-refractivity contribution in [1.82, 2.24) is 4.90 Å². The van der Waals surface area contributed by atoms with E-state index < -0.39 is 11.0 Å². The van der Waals surface area contributed by atoms with Gasteiger partial charge in [0.05, 0.1) is 5.41 Å². The largest absolute Gasteiger partial charge is 0.324 e. The van der Waals surface area contributed by atoms with E-state index in [1.54, 1.807) is 0 Å².